The van der Waals surface area contributed by atoms with Crippen molar-refractivity contribution in [1.82, 2.24) is 6.15 Å². The van der Waals surface area contributed by atoms with E-state index < -0.39 is 0 Å². The minimum absolute atomic E-state index is 0. The van der Waals surface area contributed by atoms with Gasteiger partial charge in [0, 0.05) is 0 Å². The monoisotopic (exact) mass is 279 g/mol. The Balaban J connectivity index is 0.00000112. The Bertz CT molecular complexity index is 333. The second-order valence-electron chi connectivity index (χ2n) is 3.47. The molecule has 3 N–H and O–H groups in total. The zero-order valence-electron chi connectivity index (χ0n) is 9.30. The lowest BCUT2D eigenvalue weighted by atomic mass is 10.0. The molecule has 0 aromatic heterocycles. The van der Waals surface area contributed by atoms with Crippen molar-refractivity contribution in [2.24, 2.45) is 0 Å². The molecule has 2 heteroatoms. The molecular weight excluding hydrogens is 262 g/mol. The van der Waals surface area contributed by atoms with Crippen LogP contribution in [0.2, 0.25) is 0 Å². The maximum absolute atomic E-state index is 2.18. The summed E-state index contributed by atoms with van der Waals surface area (Å²) in [5, 5.41) is 0. The van der Waals surface area contributed by atoms with Gasteiger partial charge in [-0.05, 0) is 24.0 Å². The number of halogens is 1. The van der Waals surface area contributed by atoms with Gasteiger partial charge >= 0.3 is 0 Å². The molecule has 0 heterocycles. The second-order valence-corrected chi connectivity index (χ2v) is 3.47. The van der Waals surface area contributed by atoms with Crippen molar-refractivity contribution < 1.29 is 0 Å². The number of hydrogen-bond acceptors (Lipinski definition) is 1. The first-order valence-corrected chi connectivity index (χ1v) is 5.03. The third kappa shape index (κ3) is 4.60. The fourth-order valence-electron chi connectivity index (χ4n) is 1.58. The quantitative estimate of drug-likeness (QED) is 0.897. The van der Waals surface area contributed by atoms with E-state index in [9.17, 15) is 0 Å². The lowest BCUT2D eigenvalue weighted by molar-refractivity contribution is 0.960. The molecule has 0 aliphatic rings. The van der Waals surface area contributed by atoms with E-state index in [1.165, 1.54) is 11.1 Å². The molecule has 0 aliphatic heterocycles. The number of rotatable bonds is 3. The largest absolute Gasteiger partial charge is 0.344 e. The van der Waals surface area contributed by atoms with E-state index in [1.807, 2.05) is 0 Å². The summed E-state index contributed by atoms with van der Waals surface area (Å²) in [5.74, 6) is 0. The summed E-state index contributed by atoms with van der Waals surface area (Å²) in [4.78, 5) is 0. The molecule has 0 amide bonds. The molecule has 2 rings (SSSR count). The Morgan fingerprint density at radius 1 is 0.562 bits per heavy atom. The number of aryl methyl sites for hydroxylation is 2. The van der Waals surface area contributed by atoms with Crippen molar-refractivity contribution in [1.29, 1.82) is 0 Å². The van der Waals surface area contributed by atoms with Gasteiger partial charge in [0.1, 0.15) is 0 Å². The summed E-state index contributed by atoms with van der Waals surface area (Å²) in [7, 11) is 0. The van der Waals surface area contributed by atoms with E-state index in [0.29, 0.717) is 0 Å². The molecule has 86 valence electrons. The van der Waals surface area contributed by atoms with Gasteiger partial charge in [-0.1, -0.05) is 60.7 Å². The third-order valence-electron chi connectivity index (χ3n) is 2.39. The van der Waals surface area contributed by atoms with Crippen LogP contribution in [-0.4, -0.2) is 0 Å². The maximum atomic E-state index is 2.18. The highest BCUT2D eigenvalue weighted by atomic mass is 79.9. The molecule has 1 nitrogen and oxygen atoms in total. The lowest BCUT2D eigenvalue weighted by Crippen LogP contribution is -1.89. The first kappa shape index (κ1) is 14.9. The van der Waals surface area contributed by atoms with Crippen molar-refractivity contribution in [3.63, 3.8) is 0 Å². The zero-order chi connectivity index (χ0) is 9.64. The average Bonchev–Trinajstić information content (AvgIpc) is 2.29. The maximum Gasteiger partial charge on any atom is -0.0238 e. The zero-order valence-corrected chi connectivity index (χ0v) is 11.0. The summed E-state index contributed by atoms with van der Waals surface area (Å²) in [5.41, 5.74) is 2.83. The smallest absolute Gasteiger partial charge is 0.0238 e. The van der Waals surface area contributed by atoms with Gasteiger partial charge in [0.25, 0.3) is 0 Å². The summed E-state index contributed by atoms with van der Waals surface area (Å²) in [6.07, 6.45) is 2.26. The molecule has 0 bridgehead atoms. The van der Waals surface area contributed by atoms with Crippen LogP contribution in [0.4, 0.5) is 0 Å². The fourth-order valence-corrected chi connectivity index (χ4v) is 1.58. The molecule has 2 aromatic carbocycles. The second kappa shape index (κ2) is 8.08. The summed E-state index contributed by atoms with van der Waals surface area (Å²) >= 11 is 0. The molecule has 0 saturated carbocycles. The molecular formula is C14H18BrN. The first-order valence-electron chi connectivity index (χ1n) is 5.03. The van der Waals surface area contributed by atoms with Gasteiger partial charge in [0.2, 0.25) is 0 Å². The van der Waals surface area contributed by atoms with E-state index in [1.54, 1.807) is 0 Å². The average molecular weight is 280 g/mol. The molecule has 16 heavy (non-hydrogen) atoms. The van der Waals surface area contributed by atoms with Gasteiger partial charge in [-0.15, -0.1) is 17.0 Å². The fraction of sp³-hybridized carbons (Fsp3) is 0.143. The van der Waals surface area contributed by atoms with Crippen LogP contribution in [0.1, 0.15) is 11.1 Å². The SMILES string of the molecule is Br.N.c1ccc(CCc2ccccc2)cc1. The molecule has 0 atom stereocenters. The van der Waals surface area contributed by atoms with Crippen molar-refractivity contribution in [2.45, 2.75) is 12.8 Å². The summed E-state index contributed by atoms with van der Waals surface area (Å²) in [6.45, 7) is 0. The minimum atomic E-state index is 0. The molecule has 0 spiro atoms. The number of benzene rings is 2. The Kier molecular flexibility index (Phi) is 7.52. The Morgan fingerprint density at radius 3 is 1.19 bits per heavy atom. The Hall–Kier alpha value is -1.12. The van der Waals surface area contributed by atoms with E-state index >= 15 is 0 Å². The predicted molar refractivity (Wildman–Crippen MR) is 75.6 cm³/mol. The van der Waals surface area contributed by atoms with E-state index in [-0.39, 0.29) is 23.1 Å². The highest BCUT2D eigenvalue weighted by Gasteiger charge is 1.93. The van der Waals surface area contributed by atoms with Gasteiger partial charge in [-0.2, -0.15) is 0 Å². The van der Waals surface area contributed by atoms with Crippen LogP contribution in [0.5, 0.6) is 0 Å². The van der Waals surface area contributed by atoms with E-state index in [2.05, 4.69) is 60.7 Å². The van der Waals surface area contributed by atoms with Crippen LogP contribution >= 0.6 is 17.0 Å². The topological polar surface area (TPSA) is 35.0 Å². The minimum Gasteiger partial charge on any atom is -0.344 e. The highest BCUT2D eigenvalue weighted by molar-refractivity contribution is 8.93. The van der Waals surface area contributed by atoms with Gasteiger partial charge in [0.15, 0.2) is 0 Å². The van der Waals surface area contributed by atoms with Crippen LogP contribution in [0, 0.1) is 0 Å². The summed E-state index contributed by atoms with van der Waals surface area (Å²) in [6, 6.07) is 21.2. The van der Waals surface area contributed by atoms with Crippen LogP contribution in [-0.2, 0) is 12.8 Å². The van der Waals surface area contributed by atoms with Crippen LogP contribution in [0.25, 0.3) is 0 Å². The highest BCUT2D eigenvalue weighted by Crippen LogP contribution is 2.06. The molecule has 0 unspecified atom stereocenters. The van der Waals surface area contributed by atoms with Crippen molar-refractivity contribution in [3.8, 4) is 0 Å². The van der Waals surface area contributed by atoms with E-state index in [4.69, 9.17) is 0 Å². The predicted octanol–water partition coefficient (Wildman–Crippen LogP) is 4.21. The van der Waals surface area contributed by atoms with Gasteiger partial charge in [-0.3, -0.25) is 0 Å². The normalized spacial score (nSPS) is 8.75. The van der Waals surface area contributed by atoms with Crippen molar-refractivity contribution >= 4 is 17.0 Å². The Labute approximate surface area is 108 Å². The Morgan fingerprint density at radius 2 is 0.875 bits per heavy atom. The first-order chi connectivity index (χ1) is 6.95. The molecule has 0 saturated heterocycles. The van der Waals surface area contributed by atoms with Crippen molar-refractivity contribution in [2.75, 3.05) is 0 Å². The van der Waals surface area contributed by atoms with Crippen molar-refractivity contribution in [3.05, 3.63) is 71.8 Å². The van der Waals surface area contributed by atoms with Gasteiger partial charge in [-0.25, -0.2) is 0 Å². The lowest BCUT2D eigenvalue weighted by Gasteiger charge is -2.01. The van der Waals surface area contributed by atoms with Gasteiger partial charge in [0.05, 0.1) is 0 Å². The van der Waals surface area contributed by atoms with E-state index in [0.717, 1.165) is 12.8 Å². The summed E-state index contributed by atoms with van der Waals surface area (Å²) < 4.78 is 0. The number of hydrogen-bond donors (Lipinski definition) is 1. The standard InChI is InChI=1S/C14H14.BrH.H3N/c1-3-7-13(8-4-1)11-12-14-9-5-2-6-10-14;;/h1-10H,11-12H2;1H;1H3. The molecule has 0 radical (unpaired) electrons. The van der Waals surface area contributed by atoms with Crippen LogP contribution in [0.3, 0.4) is 0 Å². The van der Waals surface area contributed by atoms with Crippen LogP contribution in [0.15, 0.2) is 60.7 Å². The molecule has 0 aliphatic carbocycles. The third-order valence-corrected chi connectivity index (χ3v) is 2.39. The van der Waals surface area contributed by atoms with Crippen LogP contribution < -0.4 is 6.15 Å². The van der Waals surface area contributed by atoms with Gasteiger partial charge < -0.3 is 6.15 Å². The molecule has 0 fully saturated rings. The molecule has 2 aromatic rings.